The van der Waals surface area contributed by atoms with E-state index in [1.165, 1.54) is 0 Å². The highest BCUT2D eigenvalue weighted by atomic mass is 16.5. The molecule has 0 aliphatic carbocycles. The van der Waals surface area contributed by atoms with Crippen molar-refractivity contribution < 1.29 is 9.53 Å². The Morgan fingerprint density at radius 3 is 2.85 bits per heavy atom. The van der Waals surface area contributed by atoms with E-state index in [-0.39, 0.29) is 17.6 Å². The average molecular weight is 278 g/mol. The molecular weight excluding hydrogens is 256 g/mol. The Morgan fingerprint density at radius 1 is 1.50 bits per heavy atom. The van der Waals surface area contributed by atoms with Gasteiger partial charge in [0.05, 0.1) is 11.6 Å². The van der Waals surface area contributed by atoms with E-state index in [1.807, 2.05) is 13.8 Å². The molecule has 1 amide bonds. The third-order valence-corrected chi connectivity index (χ3v) is 3.74. The minimum absolute atomic E-state index is 0.00454. The van der Waals surface area contributed by atoms with E-state index < -0.39 is 0 Å². The monoisotopic (exact) mass is 278 g/mol. The van der Waals surface area contributed by atoms with Gasteiger partial charge in [-0.05, 0) is 38.8 Å². The first kappa shape index (κ1) is 14.7. The molecule has 2 atom stereocenters. The average Bonchev–Trinajstić information content (AvgIpc) is 2.76. The van der Waals surface area contributed by atoms with Crippen LogP contribution in [0.25, 0.3) is 0 Å². The van der Waals surface area contributed by atoms with Gasteiger partial charge in [-0.2, -0.15) is 0 Å². The van der Waals surface area contributed by atoms with Gasteiger partial charge >= 0.3 is 0 Å². The maximum Gasteiger partial charge on any atom is 0.272 e. The van der Waals surface area contributed by atoms with E-state index in [2.05, 4.69) is 27.8 Å². The summed E-state index contributed by atoms with van der Waals surface area (Å²) in [7, 11) is 0. The summed E-state index contributed by atoms with van der Waals surface area (Å²) in [5.74, 6) is 0.478. The van der Waals surface area contributed by atoms with Crippen LogP contribution in [0.1, 0.15) is 44.1 Å². The highest BCUT2D eigenvalue weighted by Crippen LogP contribution is 2.25. The van der Waals surface area contributed by atoms with Crippen molar-refractivity contribution in [2.45, 2.75) is 45.3 Å². The van der Waals surface area contributed by atoms with Crippen molar-refractivity contribution in [1.82, 2.24) is 15.5 Å². The van der Waals surface area contributed by atoms with Gasteiger partial charge in [0.15, 0.2) is 5.69 Å². The predicted molar refractivity (Wildman–Crippen MR) is 76.7 cm³/mol. The van der Waals surface area contributed by atoms with Crippen LogP contribution >= 0.6 is 0 Å². The standard InChI is InChI=1S/C14H22N4O2/c1-4-8-15-12-6-5-11(17-18-12)13(19)16-14(3)7-9-20-10(14)2/h5-6,10H,4,7-9H2,1-3H3,(H,15,18)(H,16,19). The molecule has 1 saturated heterocycles. The summed E-state index contributed by atoms with van der Waals surface area (Å²) >= 11 is 0. The minimum Gasteiger partial charge on any atom is -0.376 e. The smallest absolute Gasteiger partial charge is 0.272 e. The third-order valence-electron chi connectivity index (χ3n) is 3.74. The lowest BCUT2D eigenvalue weighted by Gasteiger charge is -2.28. The van der Waals surface area contributed by atoms with E-state index in [1.54, 1.807) is 12.1 Å². The number of ether oxygens (including phenoxy) is 1. The van der Waals surface area contributed by atoms with Crippen LogP contribution in [0.3, 0.4) is 0 Å². The van der Waals surface area contributed by atoms with Crippen LogP contribution in [0.15, 0.2) is 12.1 Å². The largest absolute Gasteiger partial charge is 0.376 e. The fourth-order valence-corrected chi connectivity index (χ4v) is 2.12. The number of amides is 1. The van der Waals surface area contributed by atoms with Gasteiger partial charge in [0.1, 0.15) is 5.82 Å². The summed E-state index contributed by atoms with van der Waals surface area (Å²) in [5.41, 5.74) is -0.00915. The third kappa shape index (κ3) is 3.25. The van der Waals surface area contributed by atoms with Gasteiger partial charge in [-0.3, -0.25) is 4.79 Å². The highest BCUT2D eigenvalue weighted by molar-refractivity contribution is 5.92. The van der Waals surface area contributed by atoms with Crippen LogP contribution in [0.4, 0.5) is 5.82 Å². The van der Waals surface area contributed by atoms with Crippen LogP contribution in [-0.4, -0.2) is 40.9 Å². The van der Waals surface area contributed by atoms with E-state index >= 15 is 0 Å². The van der Waals surface area contributed by atoms with Crippen molar-refractivity contribution in [2.24, 2.45) is 0 Å². The van der Waals surface area contributed by atoms with E-state index in [9.17, 15) is 4.79 Å². The number of rotatable bonds is 5. The lowest BCUT2D eigenvalue weighted by atomic mass is 9.94. The van der Waals surface area contributed by atoms with Gasteiger partial charge < -0.3 is 15.4 Å². The molecule has 1 aliphatic heterocycles. The highest BCUT2D eigenvalue weighted by Gasteiger charge is 2.38. The second-order valence-corrected chi connectivity index (χ2v) is 5.37. The maximum atomic E-state index is 12.2. The quantitative estimate of drug-likeness (QED) is 0.855. The number of nitrogens with zero attached hydrogens (tertiary/aromatic N) is 2. The summed E-state index contributed by atoms with van der Waals surface area (Å²) in [6.07, 6.45) is 1.83. The van der Waals surface area contributed by atoms with Gasteiger partial charge in [0, 0.05) is 13.2 Å². The second-order valence-electron chi connectivity index (χ2n) is 5.37. The maximum absolute atomic E-state index is 12.2. The van der Waals surface area contributed by atoms with Crippen molar-refractivity contribution in [1.29, 1.82) is 0 Å². The zero-order valence-corrected chi connectivity index (χ0v) is 12.3. The van der Waals surface area contributed by atoms with E-state index in [0.717, 1.165) is 19.4 Å². The summed E-state index contributed by atoms with van der Waals surface area (Å²) in [6.45, 7) is 7.55. The van der Waals surface area contributed by atoms with Gasteiger partial charge in [-0.25, -0.2) is 0 Å². The lowest BCUT2D eigenvalue weighted by molar-refractivity contribution is 0.0723. The van der Waals surface area contributed by atoms with E-state index in [0.29, 0.717) is 18.1 Å². The molecule has 2 heterocycles. The molecule has 2 N–H and O–H groups in total. The molecule has 2 unspecified atom stereocenters. The molecule has 2 rings (SSSR count). The van der Waals surface area contributed by atoms with Gasteiger partial charge in [-0.15, -0.1) is 10.2 Å². The Hall–Kier alpha value is -1.69. The first-order chi connectivity index (χ1) is 9.55. The van der Waals surface area contributed by atoms with Crippen LogP contribution in [0, 0.1) is 0 Å². The Balaban J connectivity index is 1.99. The van der Waals surface area contributed by atoms with Crippen molar-refractivity contribution in [3.8, 4) is 0 Å². The van der Waals surface area contributed by atoms with Crippen molar-refractivity contribution in [3.63, 3.8) is 0 Å². The number of nitrogens with one attached hydrogen (secondary N) is 2. The van der Waals surface area contributed by atoms with Crippen molar-refractivity contribution >= 4 is 11.7 Å². The number of carbonyl (C=O) groups is 1. The molecule has 1 aromatic rings. The lowest BCUT2D eigenvalue weighted by Crippen LogP contribution is -2.50. The van der Waals surface area contributed by atoms with Gasteiger partial charge in [0.2, 0.25) is 0 Å². The van der Waals surface area contributed by atoms with Gasteiger partial charge in [-0.1, -0.05) is 6.92 Å². The normalized spacial score (nSPS) is 25.4. The Kier molecular flexibility index (Phi) is 4.54. The SMILES string of the molecule is CCCNc1ccc(C(=O)NC2(C)CCOC2C)nn1. The van der Waals surface area contributed by atoms with Crippen LogP contribution < -0.4 is 10.6 Å². The van der Waals surface area contributed by atoms with Gasteiger partial charge in [0.25, 0.3) is 5.91 Å². The molecule has 1 fully saturated rings. The minimum atomic E-state index is -0.335. The summed E-state index contributed by atoms with van der Waals surface area (Å²) in [4.78, 5) is 12.2. The van der Waals surface area contributed by atoms with Crippen LogP contribution in [0.5, 0.6) is 0 Å². The molecular formula is C14H22N4O2. The molecule has 0 saturated carbocycles. The fourth-order valence-electron chi connectivity index (χ4n) is 2.12. The van der Waals surface area contributed by atoms with Crippen molar-refractivity contribution in [3.05, 3.63) is 17.8 Å². The molecule has 0 radical (unpaired) electrons. The summed E-state index contributed by atoms with van der Waals surface area (Å²) in [5, 5.41) is 14.1. The number of aromatic nitrogens is 2. The molecule has 0 aromatic carbocycles. The number of carbonyl (C=O) groups excluding carboxylic acids is 1. The van der Waals surface area contributed by atoms with Crippen LogP contribution in [-0.2, 0) is 4.74 Å². The Labute approximate surface area is 119 Å². The first-order valence-electron chi connectivity index (χ1n) is 7.07. The van der Waals surface area contributed by atoms with Crippen LogP contribution in [0.2, 0.25) is 0 Å². The molecule has 110 valence electrons. The Bertz CT molecular complexity index is 463. The molecule has 6 heteroatoms. The molecule has 6 nitrogen and oxygen atoms in total. The summed E-state index contributed by atoms with van der Waals surface area (Å²) in [6, 6.07) is 3.46. The number of hydrogen-bond acceptors (Lipinski definition) is 5. The zero-order valence-electron chi connectivity index (χ0n) is 12.3. The molecule has 0 spiro atoms. The van der Waals surface area contributed by atoms with E-state index in [4.69, 9.17) is 4.74 Å². The Morgan fingerprint density at radius 2 is 2.30 bits per heavy atom. The topological polar surface area (TPSA) is 76.1 Å². The predicted octanol–water partition coefficient (Wildman–Crippen LogP) is 1.60. The molecule has 0 bridgehead atoms. The number of anilines is 1. The molecule has 1 aliphatic rings. The second kappa shape index (κ2) is 6.17. The number of hydrogen-bond donors (Lipinski definition) is 2. The molecule has 20 heavy (non-hydrogen) atoms. The summed E-state index contributed by atoms with van der Waals surface area (Å²) < 4.78 is 5.51. The molecule has 1 aromatic heterocycles. The first-order valence-corrected chi connectivity index (χ1v) is 7.07. The fraction of sp³-hybridized carbons (Fsp3) is 0.643. The van der Waals surface area contributed by atoms with Crippen molar-refractivity contribution in [2.75, 3.05) is 18.5 Å². The zero-order chi connectivity index (χ0) is 14.6.